The highest BCUT2D eigenvalue weighted by atomic mass is 35.5. The van der Waals surface area contributed by atoms with Crippen molar-refractivity contribution >= 4 is 23.2 Å². The lowest BCUT2D eigenvalue weighted by molar-refractivity contribution is -0.120. The minimum Gasteiger partial charge on any atom is -0.495 e. The number of benzene rings is 2. The number of carbonyl (C=O) groups is 1. The molecule has 134 valence electrons. The highest BCUT2D eigenvalue weighted by Gasteiger charge is 2.20. The number of aryl methyl sites for hydroxylation is 1. The van der Waals surface area contributed by atoms with Gasteiger partial charge in [0, 0.05) is 23.2 Å². The molecule has 0 saturated carbocycles. The van der Waals surface area contributed by atoms with Gasteiger partial charge in [0.15, 0.2) is 0 Å². The van der Waals surface area contributed by atoms with Crippen LogP contribution < -0.4 is 10.1 Å². The molecule has 0 spiro atoms. The van der Waals surface area contributed by atoms with Gasteiger partial charge in [0.2, 0.25) is 5.91 Å². The molecule has 1 amide bonds. The van der Waals surface area contributed by atoms with Crippen LogP contribution in [0, 0.1) is 12.7 Å². The van der Waals surface area contributed by atoms with Crippen LogP contribution >= 0.6 is 11.6 Å². The van der Waals surface area contributed by atoms with Gasteiger partial charge < -0.3 is 10.1 Å². The molecule has 2 rings (SSSR count). The van der Waals surface area contributed by atoms with Crippen LogP contribution in [-0.4, -0.2) is 31.0 Å². The summed E-state index contributed by atoms with van der Waals surface area (Å²) in [5.74, 6) is 0.00345. The standard InChI is InChI=1S/C19H22ClFN2O2/c1-12-9-17(18(25-4)10-15(12)20)22-19(24)13(2)23(3)11-14-7-5-6-8-16(14)21/h5-10,13H,11H2,1-4H3,(H,22,24). The number of methoxy groups -OCH3 is 1. The van der Waals surface area contributed by atoms with Crippen LogP contribution in [-0.2, 0) is 11.3 Å². The Labute approximate surface area is 152 Å². The molecule has 0 radical (unpaired) electrons. The van der Waals surface area contributed by atoms with Gasteiger partial charge in [-0.3, -0.25) is 9.69 Å². The lowest BCUT2D eigenvalue weighted by atomic mass is 10.1. The Kier molecular flexibility index (Phi) is 6.39. The number of amides is 1. The summed E-state index contributed by atoms with van der Waals surface area (Å²) in [5, 5.41) is 3.42. The summed E-state index contributed by atoms with van der Waals surface area (Å²) in [4.78, 5) is 14.3. The third kappa shape index (κ3) is 4.71. The SMILES string of the molecule is COc1cc(Cl)c(C)cc1NC(=O)C(C)N(C)Cc1ccccc1F. The maximum absolute atomic E-state index is 13.8. The Hall–Kier alpha value is -2.11. The van der Waals surface area contributed by atoms with Crippen molar-refractivity contribution in [3.05, 3.63) is 58.4 Å². The fraction of sp³-hybridized carbons (Fsp3) is 0.316. The zero-order chi connectivity index (χ0) is 18.6. The first kappa shape index (κ1) is 19.2. The molecule has 25 heavy (non-hydrogen) atoms. The minimum absolute atomic E-state index is 0.209. The topological polar surface area (TPSA) is 41.6 Å². The van der Waals surface area contributed by atoms with Crippen LogP contribution in [0.2, 0.25) is 5.02 Å². The summed E-state index contributed by atoms with van der Waals surface area (Å²) in [6, 6.07) is 9.52. The zero-order valence-electron chi connectivity index (χ0n) is 14.8. The second-order valence-corrected chi connectivity index (χ2v) is 6.38. The Morgan fingerprint density at radius 3 is 2.68 bits per heavy atom. The van der Waals surface area contributed by atoms with Crippen molar-refractivity contribution in [2.45, 2.75) is 26.4 Å². The number of hydrogen-bond donors (Lipinski definition) is 1. The average Bonchev–Trinajstić information content (AvgIpc) is 2.59. The summed E-state index contributed by atoms with van der Waals surface area (Å²) in [5.41, 5.74) is 1.94. The van der Waals surface area contributed by atoms with Gasteiger partial charge in [-0.1, -0.05) is 29.8 Å². The predicted molar refractivity (Wildman–Crippen MR) is 98.7 cm³/mol. The Balaban J connectivity index is 2.10. The quantitative estimate of drug-likeness (QED) is 0.832. The number of halogens is 2. The average molecular weight is 365 g/mol. The van der Waals surface area contributed by atoms with E-state index in [9.17, 15) is 9.18 Å². The zero-order valence-corrected chi connectivity index (χ0v) is 15.5. The van der Waals surface area contributed by atoms with Gasteiger partial charge in [-0.05, 0) is 38.6 Å². The van der Waals surface area contributed by atoms with Gasteiger partial charge in [-0.15, -0.1) is 0 Å². The van der Waals surface area contributed by atoms with Crippen LogP contribution in [0.15, 0.2) is 36.4 Å². The van der Waals surface area contributed by atoms with E-state index in [0.29, 0.717) is 28.6 Å². The predicted octanol–water partition coefficient (Wildman–Crippen LogP) is 4.26. The molecule has 0 heterocycles. The van der Waals surface area contributed by atoms with Crippen LogP contribution in [0.5, 0.6) is 5.75 Å². The van der Waals surface area contributed by atoms with Crippen molar-refractivity contribution in [1.29, 1.82) is 0 Å². The monoisotopic (exact) mass is 364 g/mol. The Morgan fingerprint density at radius 2 is 2.04 bits per heavy atom. The highest BCUT2D eigenvalue weighted by molar-refractivity contribution is 6.31. The van der Waals surface area contributed by atoms with Crippen molar-refractivity contribution < 1.29 is 13.9 Å². The van der Waals surface area contributed by atoms with E-state index in [1.54, 1.807) is 49.2 Å². The van der Waals surface area contributed by atoms with E-state index in [2.05, 4.69) is 5.32 Å². The van der Waals surface area contributed by atoms with Crippen molar-refractivity contribution in [2.75, 3.05) is 19.5 Å². The molecule has 0 fully saturated rings. The Morgan fingerprint density at radius 1 is 1.36 bits per heavy atom. The van der Waals surface area contributed by atoms with E-state index in [0.717, 1.165) is 5.56 Å². The molecule has 2 aromatic carbocycles. The molecule has 1 unspecified atom stereocenters. The molecule has 0 bridgehead atoms. The number of anilines is 1. The molecule has 0 saturated heterocycles. The van der Waals surface area contributed by atoms with Crippen molar-refractivity contribution in [1.82, 2.24) is 4.90 Å². The molecule has 0 aliphatic carbocycles. The van der Waals surface area contributed by atoms with Crippen LogP contribution in [0.4, 0.5) is 10.1 Å². The van der Waals surface area contributed by atoms with Gasteiger partial charge in [0.1, 0.15) is 11.6 Å². The van der Waals surface area contributed by atoms with Crippen molar-refractivity contribution in [3.63, 3.8) is 0 Å². The second kappa shape index (κ2) is 8.32. The first-order valence-corrected chi connectivity index (χ1v) is 8.30. The van der Waals surface area contributed by atoms with E-state index < -0.39 is 6.04 Å². The number of nitrogens with one attached hydrogen (secondary N) is 1. The molecule has 6 heteroatoms. The lowest BCUT2D eigenvalue weighted by Crippen LogP contribution is -2.39. The van der Waals surface area contributed by atoms with E-state index >= 15 is 0 Å². The smallest absolute Gasteiger partial charge is 0.241 e. The number of likely N-dealkylation sites (N-methyl/N-ethyl adjacent to an activating group) is 1. The highest BCUT2D eigenvalue weighted by Crippen LogP contribution is 2.31. The number of carbonyl (C=O) groups excluding carboxylic acids is 1. The molecule has 1 atom stereocenters. The Bertz CT molecular complexity index is 767. The van der Waals surface area contributed by atoms with E-state index in [1.165, 1.54) is 13.2 Å². The molecule has 0 aromatic heterocycles. The van der Waals surface area contributed by atoms with Gasteiger partial charge in [-0.25, -0.2) is 4.39 Å². The first-order valence-electron chi connectivity index (χ1n) is 7.92. The fourth-order valence-corrected chi connectivity index (χ4v) is 2.55. The van der Waals surface area contributed by atoms with Crippen LogP contribution in [0.3, 0.4) is 0 Å². The second-order valence-electron chi connectivity index (χ2n) is 5.97. The van der Waals surface area contributed by atoms with Crippen molar-refractivity contribution in [2.24, 2.45) is 0 Å². The summed E-state index contributed by atoms with van der Waals surface area (Å²) < 4.78 is 19.1. The van der Waals surface area contributed by atoms with Gasteiger partial charge in [0.05, 0.1) is 18.8 Å². The van der Waals surface area contributed by atoms with E-state index in [4.69, 9.17) is 16.3 Å². The molecule has 4 nitrogen and oxygen atoms in total. The molecule has 1 N–H and O–H groups in total. The number of rotatable bonds is 6. The first-order chi connectivity index (χ1) is 11.8. The van der Waals surface area contributed by atoms with E-state index in [-0.39, 0.29) is 11.7 Å². The molecule has 0 aliphatic heterocycles. The number of nitrogens with zero attached hydrogens (tertiary/aromatic N) is 1. The molecular formula is C19H22ClFN2O2. The largest absolute Gasteiger partial charge is 0.495 e. The molecule has 2 aromatic rings. The van der Waals surface area contributed by atoms with Gasteiger partial charge in [-0.2, -0.15) is 0 Å². The molecular weight excluding hydrogens is 343 g/mol. The van der Waals surface area contributed by atoms with Gasteiger partial charge >= 0.3 is 0 Å². The normalized spacial score (nSPS) is 12.1. The fourth-order valence-electron chi connectivity index (χ4n) is 2.40. The summed E-state index contributed by atoms with van der Waals surface area (Å²) in [7, 11) is 3.30. The van der Waals surface area contributed by atoms with Crippen LogP contribution in [0.1, 0.15) is 18.1 Å². The minimum atomic E-state index is -0.458. The lowest BCUT2D eigenvalue weighted by Gasteiger charge is -2.24. The van der Waals surface area contributed by atoms with Gasteiger partial charge in [0.25, 0.3) is 0 Å². The van der Waals surface area contributed by atoms with E-state index in [1.807, 2.05) is 6.92 Å². The number of ether oxygens (including phenoxy) is 1. The molecule has 0 aliphatic rings. The third-order valence-electron chi connectivity index (χ3n) is 4.16. The number of hydrogen-bond acceptors (Lipinski definition) is 3. The summed E-state index contributed by atoms with van der Waals surface area (Å²) in [6.07, 6.45) is 0. The summed E-state index contributed by atoms with van der Waals surface area (Å²) >= 11 is 6.08. The van der Waals surface area contributed by atoms with Crippen LogP contribution in [0.25, 0.3) is 0 Å². The van der Waals surface area contributed by atoms with Crippen molar-refractivity contribution in [3.8, 4) is 5.75 Å². The maximum Gasteiger partial charge on any atom is 0.241 e. The third-order valence-corrected chi connectivity index (χ3v) is 4.56. The maximum atomic E-state index is 13.8. The summed E-state index contributed by atoms with van der Waals surface area (Å²) in [6.45, 7) is 3.95.